The van der Waals surface area contributed by atoms with Gasteiger partial charge in [-0.2, -0.15) is 60.7 Å². The third-order valence-corrected chi connectivity index (χ3v) is 1.93. The standard InChI is InChI=1S/2C8H7.U/c2*1-2-8-6-4-3-5-7-8;/h2*2-4,6-7H,1H2;/q2*-1;+2. The summed E-state index contributed by atoms with van der Waals surface area (Å²) in [6, 6.07) is 21.3. The fourth-order valence-corrected chi connectivity index (χ4v) is 1.07. The van der Waals surface area contributed by atoms with Crippen LogP contribution in [0.4, 0.5) is 0 Å². The van der Waals surface area contributed by atoms with Crippen molar-refractivity contribution in [2.24, 2.45) is 0 Å². The molecule has 0 aliphatic heterocycles. The third-order valence-electron chi connectivity index (χ3n) is 1.93. The van der Waals surface area contributed by atoms with Crippen LogP contribution in [0.25, 0.3) is 12.2 Å². The first-order chi connectivity index (χ1) is 7.86. The van der Waals surface area contributed by atoms with Gasteiger partial charge in [-0.25, -0.2) is 0 Å². The van der Waals surface area contributed by atoms with E-state index in [2.05, 4.69) is 25.3 Å². The summed E-state index contributed by atoms with van der Waals surface area (Å²) < 4.78 is 0. The van der Waals surface area contributed by atoms with Gasteiger partial charge in [0.25, 0.3) is 0 Å². The second-order valence-electron chi connectivity index (χ2n) is 3.08. The molecule has 2 rings (SSSR count). The van der Waals surface area contributed by atoms with Gasteiger partial charge in [-0.15, -0.1) is 36.4 Å². The van der Waals surface area contributed by atoms with Crippen LogP contribution in [0.15, 0.2) is 61.7 Å². The van der Waals surface area contributed by atoms with E-state index in [4.69, 9.17) is 0 Å². The van der Waals surface area contributed by atoms with Crippen LogP contribution in [0.2, 0.25) is 0 Å². The van der Waals surface area contributed by atoms with Gasteiger partial charge in [-0.1, -0.05) is 0 Å². The molecule has 0 heterocycles. The normalized spacial score (nSPS) is 8.00. The zero-order valence-electron chi connectivity index (χ0n) is 9.69. The predicted molar refractivity (Wildman–Crippen MR) is 70.7 cm³/mol. The molecule has 0 saturated heterocycles. The Hall–Kier alpha value is -1.03. The summed E-state index contributed by atoms with van der Waals surface area (Å²) in [5.41, 5.74) is 2.24. The zero-order chi connectivity index (χ0) is 11.6. The van der Waals surface area contributed by atoms with Crippen LogP contribution in [0.5, 0.6) is 0 Å². The Balaban J connectivity index is 0.000000284. The summed E-state index contributed by atoms with van der Waals surface area (Å²) in [5, 5.41) is 0. The molecule has 0 spiro atoms. The van der Waals surface area contributed by atoms with E-state index in [9.17, 15) is 0 Å². The average molecular weight is 444 g/mol. The van der Waals surface area contributed by atoms with Crippen LogP contribution in [0.3, 0.4) is 0 Å². The van der Waals surface area contributed by atoms with E-state index < -0.39 is 0 Å². The van der Waals surface area contributed by atoms with Crippen molar-refractivity contribution in [3.63, 3.8) is 0 Å². The quantitative estimate of drug-likeness (QED) is 0.608. The largest absolute Gasteiger partial charge is 2.00 e. The topological polar surface area (TPSA) is 0 Å². The first-order valence-corrected chi connectivity index (χ1v) is 5.04. The maximum atomic E-state index is 3.61. The van der Waals surface area contributed by atoms with E-state index in [1.165, 1.54) is 0 Å². The van der Waals surface area contributed by atoms with Crippen molar-refractivity contribution >= 4 is 12.2 Å². The van der Waals surface area contributed by atoms with Crippen molar-refractivity contribution in [2.45, 2.75) is 0 Å². The van der Waals surface area contributed by atoms with Gasteiger partial charge in [-0.3, -0.25) is 0 Å². The molecule has 0 aliphatic carbocycles. The minimum absolute atomic E-state index is 0. The van der Waals surface area contributed by atoms with Gasteiger partial charge in [0.05, 0.1) is 0 Å². The zero-order valence-corrected chi connectivity index (χ0v) is 13.9. The molecule has 0 fully saturated rings. The van der Waals surface area contributed by atoms with Gasteiger partial charge in [0.1, 0.15) is 0 Å². The summed E-state index contributed by atoms with van der Waals surface area (Å²) in [7, 11) is 0. The molecule has 0 nitrogen and oxygen atoms in total. The van der Waals surface area contributed by atoms with E-state index in [0.717, 1.165) is 11.1 Å². The van der Waals surface area contributed by atoms with Gasteiger partial charge in [0.15, 0.2) is 0 Å². The van der Waals surface area contributed by atoms with E-state index >= 15 is 0 Å². The smallest absolute Gasteiger partial charge is 0.183 e. The summed E-state index contributed by atoms with van der Waals surface area (Å²) in [5.74, 6) is 0. The fraction of sp³-hybridized carbons (Fsp3) is 0. The molecule has 0 saturated carbocycles. The Morgan fingerprint density at radius 2 is 1.24 bits per heavy atom. The van der Waals surface area contributed by atoms with Crippen molar-refractivity contribution in [1.82, 2.24) is 0 Å². The van der Waals surface area contributed by atoms with Gasteiger partial charge in [0, 0.05) is 0 Å². The summed E-state index contributed by atoms with van der Waals surface area (Å²) in [6.45, 7) is 7.22. The summed E-state index contributed by atoms with van der Waals surface area (Å²) >= 11 is 0. The van der Waals surface area contributed by atoms with Gasteiger partial charge in [-0.05, 0) is 0 Å². The van der Waals surface area contributed by atoms with E-state index in [1.807, 2.05) is 48.5 Å². The maximum absolute atomic E-state index is 3.61. The Morgan fingerprint density at radius 3 is 1.41 bits per heavy atom. The number of benzene rings is 2. The summed E-state index contributed by atoms with van der Waals surface area (Å²) in [6.07, 6.45) is 3.60. The van der Waals surface area contributed by atoms with Gasteiger partial charge in [0.2, 0.25) is 0 Å². The van der Waals surface area contributed by atoms with Crippen LogP contribution in [-0.2, 0) is 0 Å². The monoisotopic (exact) mass is 444 g/mol. The molecule has 2 aromatic rings. The van der Waals surface area contributed by atoms with Gasteiger partial charge >= 0.3 is 31.1 Å². The number of rotatable bonds is 2. The molecule has 0 N–H and O–H groups in total. The summed E-state index contributed by atoms with van der Waals surface area (Å²) in [4.78, 5) is 0. The van der Waals surface area contributed by atoms with Crippen molar-refractivity contribution in [2.75, 3.05) is 0 Å². The molecule has 0 amide bonds. The molecule has 0 radical (unpaired) electrons. The molecule has 0 aromatic heterocycles. The molecule has 17 heavy (non-hydrogen) atoms. The first-order valence-electron chi connectivity index (χ1n) is 5.04. The van der Waals surface area contributed by atoms with Crippen LogP contribution >= 0.6 is 0 Å². The van der Waals surface area contributed by atoms with E-state index in [-0.39, 0.29) is 31.1 Å². The molecule has 1 heteroatoms. The first kappa shape index (κ1) is 16.0. The maximum Gasteiger partial charge on any atom is 2.00 e. The second-order valence-corrected chi connectivity index (χ2v) is 3.08. The van der Waals surface area contributed by atoms with Crippen LogP contribution in [0, 0.1) is 43.2 Å². The Morgan fingerprint density at radius 1 is 0.824 bits per heavy atom. The Kier molecular flexibility index (Phi) is 9.53. The van der Waals surface area contributed by atoms with Gasteiger partial charge < -0.3 is 0 Å². The van der Waals surface area contributed by atoms with Crippen LogP contribution < -0.4 is 0 Å². The number of hydrogen-bond acceptors (Lipinski definition) is 0. The predicted octanol–water partition coefficient (Wildman–Crippen LogP) is 4.26. The number of hydrogen-bond donors (Lipinski definition) is 0. The molecule has 82 valence electrons. The average Bonchev–Trinajstić information content (AvgIpc) is 2.41. The second kappa shape index (κ2) is 10.1. The van der Waals surface area contributed by atoms with Crippen LogP contribution in [-0.4, -0.2) is 0 Å². The van der Waals surface area contributed by atoms with Crippen molar-refractivity contribution in [1.29, 1.82) is 0 Å². The molecule has 2 aromatic carbocycles. The molecule has 0 unspecified atom stereocenters. The van der Waals surface area contributed by atoms with Crippen molar-refractivity contribution in [3.8, 4) is 0 Å². The molecular formula is C16H14U. The molecule has 0 aliphatic rings. The van der Waals surface area contributed by atoms with E-state index in [1.54, 1.807) is 12.2 Å². The van der Waals surface area contributed by atoms with Crippen LogP contribution in [0.1, 0.15) is 11.1 Å². The minimum atomic E-state index is 0. The Bertz CT molecular complexity index is 374. The Labute approximate surface area is 127 Å². The third kappa shape index (κ3) is 7.00. The van der Waals surface area contributed by atoms with Crippen molar-refractivity contribution in [3.05, 3.63) is 84.9 Å². The molecule has 0 atom stereocenters. The minimum Gasteiger partial charge on any atom is -0.183 e. The van der Waals surface area contributed by atoms with E-state index in [0.29, 0.717) is 0 Å². The molecule has 0 bridgehead atoms. The fourth-order valence-electron chi connectivity index (χ4n) is 1.07. The van der Waals surface area contributed by atoms with Crippen molar-refractivity contribution < 1.29 is 31.1 Å². The molecular weight excluding hydrogens is 430 g/mol. The SMILES string of the molecule is C=Cc1c[c-]ccc1.C=Cc1c[c-]ccc1.[U+2].